The summed E-state index contributed by atoms with van der Waals surface area (Å²) < 4.78 is 5.39. The lowest BCUT2D eigenvalue weighted by molar-refractivity contribution is -0.385. The van der Waals surface area contributed by atoms with E-state index in [9.17, 15) is 20.0 Å². The lowest BCUT2D eigenvalue weighted by Gasteiger charge is -1.98. The fourth-order valence-electron chi connectivity index (χ4n) is 2.08. The van der Waals surface area contributed by atoms with Gasteiger partial charge in [-0.25, -0.2) is 5.43 Å². The molecule has 0 saturated carbocycles. The van der Waals surface area contributed by atoms with Crippen molar-refractivity contribution in [2.24, 2.45) is 5.10 Å². The summed E-state index contributed by atoms with van der Waals surface area (Å²) >= 11 is 0. The number of phenolic OH excluding ortho intramolecular Hbond substituents is 1. The third-order valence-corrected chi connectivity index (χ3v) is 3.23. The van der Waals surface area contributed by atoms with E-state index >= 15 is 0 Å². The number of aromatic hydroxyl groups is 1. The maximum atomic E-state index is 12.0. The van der Waals surface area contributed by atoms with Gasteiger partial charge in [0.05, 0.1) is 11.1 Å². The van der Waals surface area contributed by atoms with Crippen LogP contribution < -0.4 is 5.43 Å². The van der Waals surface area contributed by atoms with Crippen molar-refractivity contribution in [3.05, 3.63) is 70.0 Å². The van der Waals surface area contributed by atoms with E-state index in [-0.39, 0.29) is 5.76 Å². The third kappa shape index (κ3) is 3.07. The minimum Gasteiger partial charge on any atom is -0.502 e. The highest BCUT2D eigenvalue weighted by Gasteiger charge is 2.13. The molecule has 1 aromatic heterocycles. The Labute approximate surface area is 135 Å². The van der Waals surface area contributed by atoms with Crippen LogP contribution in [0.3, 0.4) is 0 Å². The van der Waals surface area contributed by atoms with Crippen molar-refractivity contribution in [3.8, 4) is 5.75 Å². The fraction of sp³-hybridized carbons (Fsp3) is 0. The summed E-state index contributed by atoms with van der Waals surface area (Å²) in [6.07, 6.45) is 1.23. The molecule has 2 aromatic carbocycles. The van der Waals surface area contributed by atoms with Crippen LogP contribution in [0.1, 0.15) is 16.1 Å². The Hall–Kier alpha value is -3.68. The Morgan fingerprint density at radius 1 is 1.25 bits per heavy atom. The summed E-state index contributed by atoms with van der Waals surface area (Å²) in [4.78, 5) is 22.0. The van der Waals surface area contributed by atoms with Crippen LogP contribution >= 0.6 is 0 Å². The topological polar surface area (TPSA) is 118 Å². The van der Waals surface area contributed by atoms with Gasteiger partial charge < -0.3 is 9.52 Å². The second kappa shape index (κ2) is 6.21. The van der Waals surface area contributed by atoms with Gasteiger partial charge in [0.1, 0.15) is 5.58 Å². The molecule has 120 valence electrons. The van der Waals surface area contributed by atoms with Gasteiger partial charge in [-0.05, 0) is 24.3 Å². The normalized spacial score (nSPS) is 11.0. The molecule has 3 aromatic rings. The number of hydrazone groups is 1. The van der Waals surface area contributed by atoms with Crippen molar-refractivity contribution in [2.45, 2.75) is 0 Å². The summed E-state index contributed by atoms with van der Waals surface area (Å²) in [6.45, 7) is 0. The van der Waals surface area contributed by atoms with Gasteiger partial charge in [-0.15, -0.1) is 0 Å². The van der Waals surface area contributed by atoms with Crippen molar-refractivity contribution in [1.29, 1.82) is 0 Å². The molecule has 0 aliphatic heterocycles. The maximum Gasteiger partial charge on any atom is 0.311 e. The Bertz CT molecular complexity index is 928. The highest BCUT2D eigenvalue weighted by Crippen LogP contribution is 2.25. The molecule has 0 aliphatic carbocycles. The second-order valence-corrected chi connectivity index (χ2v) is 4.85. The van der Waals surface area contributed by atoms with Crippen molar-refractivity contribution >= 4 is 28.8 Å². The Balaban J connectivity index is 1.73. The first kappa shape index (κ1) is 15.2. The SMILES string of the molecule is O=C(NN=Cc1ccc(O)c([N+](=O)[O-])c1)c1cc2ccccc2o1. The first-order valence-electron chi connectivity index (χ1n) is 6.84. The number of nitrogens with one attached hydrogen (secondary N) is 1. The number of phenols is 1. The van der Waals surface area contributed by atoms with Crippen LogP contribution in [0.4, 0.5) is 5.69 Å². The van der Waals surface area contributed by atoms with Crippen LogP contribution in [-0.2, 0) is 0 Å². The number of carbonyl (C=O) groups excluding carboxylic acids is 1. The highest BCUT2D eigenvalue weighted by molar-refractivity contribution is 5.96. The van der Waals surface area contributed by atoms with Gasteiger partial charge >= 0.3 is 11.6 Å². The van der Waals surface area contributed by atoms with E-state index in [2.05, 4.69) is 10.5 Å². The predicted molar refractivity (Wildman–Crippen MR) is 86.0 cm³/mol. The Kier molecular flexibility index (Phi) is 3.94. The standard InChI is InChI=1S/C16H11N3O5/c20-13-6-5-10(7-12(13)19(22)23)9-17-18-16(21)15-8-11-3-1-2-4-14(11)24-15/h1-9,20H,(H,18,21). The summed E-state index contributed by atoms with van der Waals surface area (Å²) in [5, 5.41) is 24.6. The minimum absolute atomic E-state index is 0.102. The van der Waals surface area contributed by atoms with Crippen molar-refractivity contribution in [2.75, 3.05) is 0 Å². The fourth-order valence-corrected chi connectivity index (χ4v) is 2.08. The zero-order valence-electron chi connectivity index (χ0n) is 12.2. The van der Waals surface area contributed by atoms with Gasteiger partial charge in [-0.1, -0.05) is 18.2 Å². The number of rotatable bonds is 4. The molecule has 0 saturated heterocycles. The molecule has 0 bridgehead atoms. The van der Waals surface area contributed by atoms with Crippen LogP contribution in [0.5, 0.6) is 5.75 Å². The summed E-state index contributed by atoms with van der Waals surface area (Å²) in [5.41, 5.74) is 2.77. The molecule has 3 rings (SSSR count). The number of benzene rings is 2. The largest absolute Gasteiger partial charge is 0.502 e. The number of hydrogen-bond acceptors (Lipinski definition) is 6. The van der Waals surface area contributed by atoms with Crippen molar-refractivity contribution in [1.82, 2.24) is 5.43 Å². The van der Waals surface area contributed by atoms with Crippen LogP contribution in [0.15, 0.2) is 58.0 Å². The van der Waals surface area contributed by atoms with E-state index in [4.69, 9.17) is 4.42 Å². The summed E-state index contributed by atoms with van der Waals surface area (Å²) in [7, 11) is 0. The van der Waals surface area contributed by atoms with Crippen LogP contribution in [0.25, 0.3) is 11.0 Å². The highest BCUT2D eigenvalue weighted by atomic mass is 16.6. The number of para-hydroxylation sites is 1. The van der Waals surface area contributed by atoms with Crippen LogP contribution in [0, 0.1) is 10.1 Å². The van der Waals surface area contributed by atoms with Gasteiger partial charge in [0.2, 0.25) is 0 Å². The molecule has 0 spiro atoms. The van der Waals surface area contributed by atoms with Gasteiger partial charge in [0.25, 0.3) is 0 Å². The maximum absolute atomic E-state index is 12.0. The number of fused-ring (bicyclic) bond motifs is 1. The molecule has 0 unspecified atom stereocenters. The average Bonchev–Trinajstić information content (AvgIpc) is 3.00. The quantitative estimate of drug-likeness (QED) is 0.434. The third-order valence-electron chi connectivity index (χ3n) is 3.23. The first-order valence-corrected chi connectivity index (χ1v) is 6.84. The van der Waals surface area contributed by atoms with E-state index in [1.165, 1.54) is 18.3 Å². The molecule has 0 aliphatic rings. The molecule has 1 heterocycles. The minimum atomic E-state index is -0.709. The molecule has 0 fully saturated rings. The summed E-state index contributed by atoms with van der Waals surface area (Å²) in [6, 6.07) is 12.5. The van der Waals surface area contributed by atoms with Crippen LogP contribution in [-0.4, -0.2) is 22.2 Å². The van der Waals surface area contributed by atoms with Gasteiger partial charge in [0, 0.05) is 17.0 Å². The number of nitrogens with zero attached hydrogens (tertiary/aromatic N) is 2. The van der Waals surface area contributed by atoms with Crippen molar-refractivity contribution < 1.29 is 19.2 Å². The van der Waals surface area contributed by atoms with E-state index in [1.54, 1.807) is 18.2 Å². The van der Waals surface area contributed by atoms with Gasteiger partial charge in [-0.3, -0.25) is 14.9 Å². The first-order chi connectivity index (χ1) is 11.5. The van der Waals surface area contributed by atoms with E-state index in [0.717, 1.165) is 11.5 Å². The van der Waals surface area contributed by atoms with Crippen molar-refractivity contribution in [3.63, 3.8) is 0 Å². The number of nitro groups is 1. The molecule has 24 heavy (non-hydrogen) atoms. The molecular weight excluding hydrogens is 314 g/mol. The van der Waals surface area contributed by atoms with E-state index < -0.39 is 22.3 Å². The molecule has 1 amide bonds. The Morgan fingerprint density at radius 2 is 2.04 bits per heavy atom. The molecule has 8 nitrogen and oxygen atoms in total. The molecular formula is C16H11N3O5. The van der Waals surface area contributed by atoms with Crippen LogP contribution in [0.2, 0.25) is 0 Å². The molecule has 2 N–H and O–H groups in total. The molecule has 0 atom stereocenters. The molecule has 0 radical (unpaired) electrons. The number of amides is 1. The molecule has 8 heteroatoms. The lowest BCUT2D eigenvalue weighted by atomic mass is 10.2. The number of nitro benzene ring substituents is 1. The summed E-state index contributed by atoms with van der Waals surface area (Å²) in [5.74, 6) is -0.885. The second-order valence-electron chi connectivity index (χ2n) is 4.85. The zero-order valence-corrected chi connectivity index (χ0v) is 12.2. The lowest BCUT2D eigenvalue weighted by Crippen LogP contribution is -2.16. The predicted octanol–water partition coefficient (Wildman–Crippen LogP) is 2.81. The zero-order chi connectivity index (χ0) is 17.1. The van der Waals surface area contributed by atoms with E-state index in [1.807, 2.05) is 12.1 Å². The average molecular weight is 325 g/mol. The monoisotopic (exact) mass is 325 g/mol. The van der Waals surface area contributed by atoms with E-state index in [0.29, 0.717) is 11.1 Å². The van der Waals surface area contributed by atoms with Gasteiger partial charge in [-0.2, -0.15) is 5.10 Å². The van der Waals surface area contributed by atoms with Gasteiger partial charge in [0.15, 0.2) is 11.5 Å². The Morgan fingerprint density at radius 3 is 2.79 bits per heavy atom. The number of carbonyl (C=O) groups is 1. The smallest absolute Gasteiger partial charge is 0.311 e. The number of hydrogen-bond donors (Lipinski definition) is 2. The number of furan rings is 1.